The molecule has 8 aliphatic rings. The fraction of sp³-hybridized carbons (Fsp3) is 0.489. The lowest BCUT2D eigenvalue weighted by atomic mass is 9.46. The minimum atomic E-state index is 0.0177. The first-order chi connectivity index (χ1) is 25.6. The zero-order chi connectivity index (χ0) is 36.2. The van der Waals surface area contributed by atoms with Gasteiger partial charge in [0.2, 0.25) is 5.75 Å². The molecule has 6 heteroatoms. The molecule has 0 unspecified atom stereocenters. The van der Waals surface area contributed by atoms with Crippen LogP contribution in [0.1, 0.15) is 105 Å². The molecule has 0 amide bonds. The van der Waals surface area contributed by atoms with Crippen molar-refractivity contribution in [1.82, 2.24) is 0 Å². The Bertz CT molecular complexity index is 1930. The first-order valence-electron chi connectivity index (χ1n) is 20.4. The number of nitrogen functional groups attached to an aromatic ring is 3. The van der Waals surface area contributed by atoms with Crippen molar-refractivity contribution in [3.8, 4) is 34.5 Å². The molecule has 6 N–H and O–H groups in total. The monoisotopic (exact) mass is 709 g/mol. The van der Waals surface area contributed by atoms with E-state index in [4.69, 9.17) is 31.4 Å². The molecule has 8 saturated carbocycles. The number of nitrogens with two attached hydrogens (primary N) is 3. The van der Waals surface area contributed by atoms with Crippen LogP contribution in [0.15, 0.2) is 60.7 Å². The summed E-state index contributed by atoms with van der Waals surface area (Å²) in [5, 5.41) is 0. The van der Waals surface area contributed by atoms with Gasteiger partial charge >= 0.3 is 0 Å². The van der Waals surface area contributed by atoms with Crippen molar-refractivity contribution in [2.24, 2.45) is 35.5 Å². The Kier molecular flexibility index (Phi) is 7.59. The molecule has 0 aliphatic heterocycles. The zero-order valence-corrected chi connectivity index (χ0v) is 31.7. The van der Waals surface area contributed by atoms with Crippen molar-refractivity contribution < 1.29 is 14.2 Å². The van der Waals surface area contributed by atoms with Crippen LogP contribution in [0, 0.1) is 56.3 Å². The van der Waals surface area contributed by atoms with E-state index in [2.05, 4.69) is 19.9 Å². The molecule has 8 fully saturated rings. The van der Waals surface area contributed by atoms with Crippen LogP contribution in [0.2, 0.25) is 0 Å². The molecule has 276 valence electrons. The van der Waals surface area contributed by atoms with E-state index in [9.17, 15) is 0 Å². The van der Waals surface area contributed by atoms with E-state index >= 15 is 0 Å². The van der Waals surface area contributed by atoms with Gasteiger partial charge in [-0.15, -0.1) is 0 Å². The van der Waals surface area contributed by atoms with Gasteiger partial charge in [-0.25, -0.2) is 0 Å². The van der Waals surface area contributed by atoms with Crippen molar-refractivity contribution in [2.75, 3.05) is 17.2 Å². The maximum atomic E-state index is 7.35. The Labute approximate surface area is 314 Å². The van der Waals surface area contributed by atoms with E-state index in [1.165, 1.54) is 88.2 Å². The van der Waals surface area contributed by atoms with Gasteiger partial charge < -0.3 is 31.4 Å². The molecule has 6 nitrogen and oxygen atoms in total. The molecule has 0 spiro atoms. The minimum absolute atomic E-state index is 0.0177. The summed E-state index contributed by atoms with van der Waals surface area (Å²) in [5.41, 5.74) is 27.2. The van der Waals surface area contributed by atoms with E-state index in [-0.39, 0.29) is 10.8 Å². The predicted molar refractivity (Wildman–Crippen MR) is 213 cm³/mol. The molecule has 12 rings (SSSR count). The highest BCUT2D eigenvalue weighted by Crippen LogP contribution is 2.68. The molecule has 4 aromatic rings. The molecule has 0 radical (unpaired) electrons. The summed E-state index contributed by atoms with van der Waals surface area (Å²) in [4.78, 5) is 0. The number of hydrogen-bond donors (Lipinski definition) is 3. The molecular weight excluding hydrogens is 655 g/mol. The zero-order valence-electron chi connectivity index (χ0n) is 31.7. The van der Waals surface area contributed by atoms with Crippen LogP contribution < -0.4 is 31.4 Å². The Morgan fingerprint density at radius 2 is 0.717 bits per heavy atom. The lowest BCUT2D eigenvalue weighted by Crippen LogP contribution is -2.50. The minimum Gasteiger partial charge on any atom is -0.453 e. The Balaban J connectivity index is 1.29. The van der Waals surface area contributed by atoms with E-state index in [0.717, 1.165) is 75.2 Å². The van der Waals surface area contributed by atoms with Gasteiger partial charge in [-0.3, -0.25) is 0 Å². The Hall–Kier alpha value is -4.32. The smallest absolute Gasteiger partial charge is 0.212 e. The lowest BCUT2D eigenvalue weighted by Gasteiger charge is -2.59. The Morgan fingerprint density at radius 1 is 0.434 bits per heavy atom. The third kappa shape index (κ3) is 5.40. The van der Waals surface area contributed by atoms with Gasteiger partial charge in [-0.2, -0.15) is 0 Å². The summed E-state index contributed by atoms with van der Waals surface area (Å²) in [7, 11) is 0. The van der Waals surface area contributed by atoms with Crippen LogP contribution in [0.5, 0.6) is 34.5 Å². The van der Waals surface area contributed by atoms with Crippen LogP contribution in [-0.2, 0) is 10.8 Å². The van der Waals surface area contributed by atoms with Gasteiger partial charge in [0.1, 0.15) is 17.2 Å². The van der Waals surface area contributed by atoms with Crippen LogP contribution in [-0.4, -0.2) is 0 Å². The van der Waals surface area contributed by atoms with Gasteiger partial charge in [0.25, 0.3) is 0 Å². The second-order valence-electron chi connectivity index (χ2n) is 18.6. The highest BCUT2D eigenvalue weighted by Gasteiger charge is 2.56. The molecule has 0 atom stereocenters. The Morgan fingerprint density at radius 3 is 1.02 bits per heavy atom. The molecule has 0 saturated heterocycles. The van der Waals surface area contributed by atoms with Gasteiger partial charge in [-0.1, -0.05) is 18.2 Å². The molecule has 0 heterocycles. The van der Waals surface area contributed by atoms with Gasteiger partial charge in [0.05, 0.1) is 0 Å². The molecule has 8 aliphatic carbocycles. The summed E-state index contributed by atoms with van der Waals surface area (Å²) < 4.78 is 22.1. The van der Waals surface area contributed by atoms with Crippen molar-refractivity contribution in [1.29, 1.82) is 0 Å². The summed E-state index contributed by atoms with van der Waals surface area (Å²) in [5.74, 6) is 8.98. The first kappa shape index (κ1) is 33.3. The SMILES string of the molecule is Cc1c(N)cccc1Oc1c(C23CC4CC(CC(C4)C2)C3)cc(C23CC4CC(CC(C4)C2)C3)c(Oc2cccc(N)c2C)c1Oc1cccc(N)c1C. The van der Waals surface area contributed by atoms with Crippen LogP contribution in [0.4, 0.5) is 17.1 Å². The topological polar surface area (TPSA) is 106 Å². The highest BCUT2D eigenvalue weighted by molar-refractivity contribution is 5.69. The number of anilines is 3. The number of benzene rings is 4. The summed E-state index contributed by atoms with van der Waals surface area (Å²) in [6.45, 7) is 6.14. The van der Waals surface area contributed by atoms with Gasteiger partial charge in [0, 0.05) is 44.9 Å². The van der Waals surface area contributed by atoms with E-state index in [0.29, 0.717) is 28.6 Å². The molecule has 8 bridgehead atoms. The average Bonchev–Trinajstić information content (AvgIpc) is 3.10. The van der Waals surface area contributed by atoms with Crippen molar-refractivity contribution in [2.45, 2.75) is 109 Å². The summed E-state index contributed by atoms with van der Waals surface area (Å²) >= 11 is 0. The second kappa shape index (κ2) is 12.1. The first-order valence-corrected chi connectivity index (χ1v) is 20.4. The highest BCUT2D eigenvalue weighted by atomic mass is 16.5. The van der Waals surface area contributed by atoms with Crippen molar-refractivity contribution >= 4 is 17.1 Å². The lowest BCUT2D eigenvalue weighted by molar-refractivity contribution is -0.00960. The largest absolute Gasteiger partial charge is 0.453 e. The third-order valence-electron chi connectivity index (χ3n) is 15.0. The normalized spacial score (nSPS) is 31.9. The second-order valence-corrected chi connectivity index (χ2v) is 18.6. The fourth-order valence-corrected chi connectivity index (χ4v) is 13.1. The van der Waals surface area contributed by atoms with Crippen molar-refractivity contribution in [3.05, 3.63) is 88.5 Å². The maximum absolute atomic E-state index is 7.35. The van der Waals surface area contributed by atoms with Gasteiger partial charge in [0.15, 0.2) is 11.5 Å². The third-order valence-corrected chi connectivity index (χ3v) is 15.0. The molecule has 53 heavy (non-hydrogen) atoms. The predicted octanol–water partition coefficient (Wildman–Crippen LogP) is 11.7. The summed E-state index contributed by atoms with van der Waals surface area (Å²) in [6, 6.07) is 20.5. The number of ether oxygens (including phenoxy) is 3. The maximum Gasteiger partial charge on any atom is 0.212 e. The van der Waals surface area contributed by atoms with Crippen LogP contribution in [0.3, 0.4) is 0 Å². The average molecular weight is 710 g/mol. The standard InChI is InChI=1S/C47H55N3O3/c1-26-37(48)7-4-10-40(26)51-43-35(46-20-29-13-30(21-46)15-31(14-29)22-46)19-36(47-23-32-16-33(24-47)18-34(17-32)25-47)44(52-41-11-5-8-38(49)27(41)2)45(43)53-42-12-6-9-39(50)28(42)3/h4-12,19,29-34H,13-18,20-25,48-50H2,1-3H3. The number of rotatable bonds is 8. The van der Waals surface area contributed by atoms with Crippen LogP contribution in [0.25, 0.3) is 0 Å². The van der Waals surface area contributed by atoms with E-state index < -0.39 is 0 Å². The van der Waals surface area contributed by atoms with Crippen LogP contribution >= 0.6 is 0 Å². The molecule has 4 aromatic carbocycles. The molecular formula is C47H55N3O3. The van der Waals surface area contributed by atoms with Crippen molar-refractivity contribution in [3.63, 3.8) is 0 Å². The number of hydrogen-bond acceptors (Lipinski definition) is 6. The quantitative estimate of drug-likeness (QED) is 0.157. The van der Waals surface area contributed by atoms with E-state index in [1.54, 1.807) is 0 Å². The molecule has 0 aromatic heterocycles. The summed E-state index contributed by atoms with van der Waals surface area (Å²) in [6.07, 6.45) is 15.4. The van der Waals surface area contributed by atoms with Gasteiger partial charge in [-0.05, 0) is 187 Å². The fourth-order valence-electron chi connectivity index (χ4n) is 13.1. The van der Waals surface area contributed by atoms with E-state index in [1.807, 2.05) is 61.5 Å².